The molecule has 134 valence electrons. The molecule has 0 radical (unpaired) electrons. The van der Waals surface area contributed by atoms with Crippen molar-refractivity contribution in [1.82, 2.24) is 15.5 Å². The molecule has 1 aliphatic rings. The number of rotatable bonds is 10. The first-order chi connectivity index (χ1) is 11.0. The molecule has 0 aromatic rings. The lowest BCUT2D eigenvalue weighted by Crippen LogP contribution is -2.51. The molecule has 1 aliphatic heterocycles. The minimum atomic E-state index is -0.341. The first kappa shape index (κ1) is 20.1. The van der Waals surface area contributed by atoms with Crippen molar-refractivity contribution in [2.45, 2.75) is 71.4 Å². The van der Waals surface area contributed by atoms with Crippen molar-refractivity contribution in [2.75, 3.05) is 26.7 Å². The van der Waals surface area contributed by atoms with E-state index in [1.54, 1.807) is 7.05 Å². The summed E-state index contributed by atoms with van der Waals surface area (Å²) >= 11 is 0. The molecular weight excluding hydrogens is 290 g/mol. The zero-order chi connectivity index (χ0) is 17.2. The van der Waals surface area contributed by atoms with Crippen LogP contribution in [-0.4, -0.2) is 55.4 Å². The molecule has 1 heterocycles. The third-order valence-electron chi connectivity index (χ3n) is 4.73. The zero-order valence-corrected chi connectivity index (χ0v) is 15.4. The minimum absolute atomic E-state index is 0.0627. The smallest absolute Gasteiger partial charge is 0.237 e. The third-order valence-corrected chi connectivity index (χ3v) is 4.73. The summed E-state index contributed by atoms with van der Waals surface area (Å²) < 4.78 is 0. The Morgan fingerprint density at radius 1 is 1.13 bits per heavy atom. The van der Waals surface area contributed by atoms with Crippen LogP contribution in [0.25, 0.3) is 0 Å². The topological polar surface area (TPSA) is 61.4 Å². The van der Waals surface area contributed by atoms with Gasteiger partial charge in [-0.3, -0.25) is 9.59 Å². The van der Waals surface area contributed by atoms with E-state index in [0.29, 0.717) is 6.42 Å². The molecule has 0 aromatic heterocycles. The number of carbonyl (C=O) groups is 2. The van der Waals surface area contributed by atoms with Crippen LogP contribution in [0.3, 0.4) is 0 Å². The van der Waals surface area contributed by atoms with Crippen LogP contribution < -0.4 is 10.6 Å². The molecule has 0 aliphatic carbocycles. The van der Waals surface area contributed by atoms with Crippen molar-refractivity contribution in [1.29, 1.82) is 0 Å². The lowest BCUT2D eigenvalue weighted by Gasteiger charge is -2.27. The summed E-state index contributed by atoms with van der Waals surface area (Å²) in [5, 5.41) is 6.01. The van der Waals surface area contributed by atoms with Crippen LogP contribution in [0.5, 0.6) is 0 Å². The van der Waals surface area contributed by atoms with Gasteiger partial charge in [0.2, 0.25) is 5.91 Å². The zero-order valence-electron chi connectivity index (χ0n) is 15.4. The van der Waals surface area contributed by atoms with Gasteiger partial charge in [0.1, 0.15) is 0 Å². The van der Waals surface area contributed by atoms with E-state index in [2.05, 4.69) is 15.5 Å². The highest BCUT2D eigenvalue weighted by atomic mass is 16.2. The molecule has 0 aromatic carbocycles. The van der Waals surface area contributed by atoms with Gasteiger partial charge in [-0.05, 0) is 58.3 Å². The van der Waals surface area contributed by atoms with Crippen LogP contribution in [-0.2, 0) is 9.59 Å². The van der Waals surface area contributed by atoms with Crippen molar-refractivity contribution in [3.05, 3.63) is 0 Å². The molecule has 0 bridgehead atoms. The van der Waals surface area contributed by atoms with E-state index in [4.69, 9.17) is 0 Å². The highest BCUT2D eigenvalue weighted by Crippen LogP contribution is 2.11. The van der Waals surface area contributed by atoms with Gasteiger partial charge in [-0.2, -0.15) is 0 Å². The van der Waals surface area contributed by atoms with E-state index in [1.165, 1.54) is 32.4 Å². The van der Waals surface area contributed by atoms with Crippen LogP contribution in [0, 0.1) is 5.92 Å². The summed E-state index contributed by atoms with van der Waals surface area (Å²) in [7, 11) is 1.79. The van der Waals surface area contributed by atoms with Gasteiger partial charge < -0.3 is 15.5 Å². The standard InChI is InChI=1S/C18H35N3O2/c1-5-16(22)15(20-18(23)17(19-4)14(2)3)10-9-13-21-11-7-6-8-12-21/h14-15,17,19H,5-13H2,1-4H3,(H,20,23). The molecule has 1 fully saturated rings. The van der Waals surface area contributed by atoms with Crippen molar-refractivity contribution in [2.24, 2.45) is 5.92 Å². The largest absolute Gasteiger partial charge is 0.345 e. The van der Waals surface area contributed by atoms with E-state index in [-0.39, 0.29) is 29.7 Å². The van der Waals surface area contributed by atoms with Crippen molar-refractivity contribution < 1.29 is 9.59 Å². The summed E-state index contributed by atoms with van der Waals surface area (Å²) in [4.78, 5) is 27.0. The van der Waals surface area contributed by atoms with E-state index < -0.39 is 0 Å². The van der Waals surface area contributed by atoms with Gasteiger partial charge in [-0.15, -0.1) is 0 Å². The molecule has 1 amide bonds. The Kier molecular flexibility index (Phi) is 9.41. The van der Waals surface area contributed by atoms with Crippen LogP contribution in [0.1, 0.15) is 59.3 Å². The number of hydrogen-bond acceptors (Lipinski definition) is 4. The van der Waals surface area contributed by atoms with Gasteiger partial charge in [-0.1, -0.05) is 27.2 Å². The molecule has 5 heteroatoms. The number of nitrogens with zero attached hydrogens (tertiary/aromatic N) is 1. The molecule has 0 saturated carbocycles. The number of piperidine rings is 1. The molecule has 23 heavy (non-hydrogen) atoms. The van der Waals surface area contributed by atoms with Gasteiger partial charge in [0.25, 0.3) is 0 Å². The highest BCUT2D eigenvalue weighted by molar-refractivity contribution is 5.90. The number of hydrogen-bond donors (Lipinski definition) is 2. The van der Waals surface area contributed by atoms with Crippen LogP contribution >= 0.6 is 0 Å². The van der Waals surface area contributed by atoms with Gasteiger partial charge in [0, 0.05) is 6.42 Å². The monoisotopic (exact) mass is 325 g/mol. The summed E-state index contributed by atoms with van der Waals surface area (Å²) in [6.07, 6.45) is 6.08. The Labute approximate surface area is 141 Å². The number of ketones is 1. The van der Waals surface area contributed by atoms with E-state index in [9.17, 15) is 9.59 Å². The van der Waals surface area contributed by atoms with Gasteiger partial charge in [-0.25, -0.2) is 0 Å². The van der Waals surface area contributed by atoms with Gasteiger partial charge in [0.15, 0.2) is 5.78 Å². The van der Waals surface area contributed by atoms with Crippen molar-refractivity contribution in [3.63, 3.8) is 0 Å². The number of likely N-dealkylation sites (N-methyl/N-ethyl adjacent to an activating group) is 1. The fourth-order valence-electron chi connectivity index (χ4n) is 3.29. The van der Waals surface area contributed by atoms with Crippen LogP contribution in [0.4, 0.5) is 0 Å². The average molecular weight is 325 g/mol. The van der Waals surface area contributed by atoms with E-state index in [0.717, 1.165) is 19.4 Å². The molecule has 0 spiro atoms. The number of carbonyl (C=O) groups excluding carboxylic acids is 2. The molecule has 2 N–H and O–H groups in total. The summed E-state index contributed by atoms with van der Waals surface area (Å²) in [5.41, 5.74) is 0. The fourth-order valence-corrected chi connectivity index (χ4v) is 3.29. The third kappa shape index (κ3) is 7.00. The Hall–Kier alpha value is -0.940. The minimum Gasteiger partial charge on any atom is -0.345 e. The van der Waals surface area contributed by atoms with E-state index in [1.807, 2.05) is 20.8 Å². The van der Waals surface area contributed by atoms with E-state index >= 15 is 0 Å². The Morgan fingerprint density at radius 2 is 1.78 bits per heavy atom. The summed E-state index contributed by atoms with van der Waals surface area (Å²) in [6, 6.07) is -0.587. The molecular formula is C18H35N3O2. The molecule has 2 atom stereocenters. The van der Waals surface area contributed by atoms with Crippen LogP contribution in [0.15, 0.2) is 0 Å². The normalized spacial score (nSPS) is 18.7. The van der Waals surface area contributed by atoms with Crippen molar-refractivity contribution >= 4 is 11.7 Å². The predicted octanol–water partition coefficient (Wildman–Crippen LogP) is 1.96. The van der Waals surface area contributed by atoms with Gasteiger partial charge >= 0.3 is 0 Å². The predicted molar refractivity (Wildman–Crippen MR) is 94.4 cm³/mol. The second-order valence-corrected chi connectivity index (χ2v) is 6.94. The van der Waals surface area contributed by atoms with Crippen molar-refractivity contribution in [3.8, 4) is 0 Å². The first-order valence-electron chi connectivity index (χ1n) is 9.22. The summed E-state index contributed by atoms with van der Waals surface area (Å²) in [5.74, 6) is 0.272. The quantitative estimate of drug-likeness (QED) is 0.644. The maximum Gasteiger partial charge on any atom is 0.237 e. The molecule has 1 rings (SSSR count). The number of likely N-dealkylation sites (tertiary alicyclic amines) is 1. The van der Waals surface area contributed by atoms with Crippen LogP contribution in [0.2, 0.25) is 0 Å². The SMILES string of the molecule is CCC(=O)C(CCCN1CCCCC1)NC(=O)C(NC)C(C)C. The summed E-state index contributed by atoms with van der Waals surface area (Å²) in [6.45, 7) is 9.26. The number of amides is 1. The number of Topliss-reactive ketones (excluding diaryl/α,β-unsaturated/α-hetero) is 1. The first-order valence-corrected chi connectivity index (χ1v) is 9.22. The average Bonchev–Trinajstić information content (AvgIpc) is 2.54. The maximum absolute atomic E-state index is 12.4. The lowest BCUT2D eigenvalue weighted by molar-refractivity contribution is -0.129. The Morgan fingerprint density at radius 3 is 2.30 bits per heavy atom. The van der Waals surface area contributed by atoms with Gasteiger partial charge in [0.05, 0.1) is 12.1 Å². The lowest BCUT2D eigenvalue weighted by atomic mass is 10.0. The molecule has 5 nitrogen and oxygen atoms in total. The maximum atomic E-state index is 12.4. The highest BCUT2D eigenvalue weighted by Gasteiger charge is 2.25. The Balaban J connectivity index is 2.48. The second-order valence-electron chi connectivity index (χ2n) is 6.94. The number of nitrogens with one attached hydrogen (secondary N) is 2. The molecule has 1 saturated heterocycles. The Bertz CT molecular complexity index is 365. The molecule has 2 unspecified atom stereocenters. The fraction of sp³-hybridized carbons (Fsp3) is 0.889. The second kappa shape index (κ2) is 10.8.